The van der Waals surface area contributed by atoms with Crippen molar-refractivity contribution in [2.75, 3.05) is 25.0 Å². The topological polar surface area (TPSA) is 97.6 Å². The van der Waals surface area contributed by atoms with E-state index in [0.29, 0.717) is 42.7 Å². The third-order valence-electron chi connectivity index (χ3n) is 6.13. The molecule has 1 aliphatic heterocycles. The van der Waals surface area contributed by atoms with Crippen molar-refractivity contribution < 1.29 is 18.8 Å². The molecular weight excluding hydrogens is 444 g/mol. The Labute approximate surface area is 205 Å². The van der Waals surface area contributed by atoms with Crippen LogP contribution in [0.15, 0.2) is 53.1 Å². The van der Waals surface area contributed by atoms with Crippen LogP contribution < -0.4 is 5.32 Å². The predicted molar refractivity (Wildman–Crippen MR) is 133 cm³/mol. The summed E-state index contributed by atoms with van der Waals surface area (Å²) in [4.78, 5) is 31.7. The summed E-state index contributed by atoms with van der Waals surface area (Å²) in [6.07, 6.45) is 3.56. The third kappa shape index (κ3) is 6.76. The zero-order valence-corrected chi connectivity index (χ0v) is 20.3. The monoisotopic (exact) mass is 476 g/mol. The smallest absolute Gasteiger partial charge is 0.338 e. The highest BCUT2D eigenvalue weighted by Crippen LogP contribution is 2.22. The van der Waals surface area contributed by atoms with E-state index < -0.39 is 0 Å². The number of nitrogens with one attached hydrogen (secondary N) is 1. The molecule has 2 heterocycles. The van der Waals surface area contributed by atoms with Crippen molar-refractivity contribution in [3.63, 3.8) is 0 Å². The van der Waals surface area contributed by atoms with Crippen LogP contribution in [0.4, 0.5) is 5.69 Å². The van der Waals surface area contributed by atoms with Gasteiger partial charge in [0.1, 0.15) is 0 Å². The first-order valence-electron chi connectivity index (χ1n) is 12.2. The molecule has 4 rings (SSSR count). The highest BCUT2D eigenvalue weighted by Gasteiger charge is 2.27. The van der Waals surface area contributed by atoms with Gasteiger partial charge in [0.2, 0.25) is 17.6 Å². The maximum absolute atomic E-state index is 12.9. The second kappa shape index (κ2) is 11.8. The number of amides is 1. The van der Waals surface area contributed by atoms with Crippen molar-refractivity contribution in [2.24, 2.45) is 5.92 Å². The molecule has 0 bridgehead atoms. The minimum atomic E-state index is -0.342. The second-order valence-electron chi connectivity index (χ2n) is 9.01. The first-order chi connectivity index (χ1) is 17.0. The van der Waals surface area contributed by atoms with Gasteiger partial charge < -0.3 is 14.6 Å². The maximum atomic E-state index is 12.9. The van der Waals surface area contributed by atoms with Crippen LogP contribution in [0.3, 0.4) is 0 Å². The third-order valence-corrected chi connectivity index (χ3v) is 6.13. The van der Waals surface area contributed by atoms with Crippen molar-refractivity contribution in [2.45, 2.75) is 46.1 Å². The quantitative estimate of drug-likeness (QED) is 0.348. The molecule has 1 unspecified atom stereocenters. The number of hydrogen-bond donors (Lipinski definition) is 1. The highest BCUT2D eigenvalue weighted by atomic mass is 16.5. The summed E-state index contributed by atoms with van der Waals surface area (Å²) in [6, 6.07) is 14.8. The summed E-state index contributed by atoms with van der Waals surface area (Å²) < 4.78 is 10.7. The molecule has 1 saturated heterocycles. The van der Waals surface area contributed by atoms with Gasteiger partial charge in [-0.3, -0.25) is 9.69 Å². The summed E-state index contributed by atoms with van der Waals surface area (Å²) in [5.74, 6) is 0.610. The van der Waals surface area contributed by atoms with Gasteiger partial charge in [-0.2, -0.15) is 4.98 Å². The SMILES string of the molecule is CCCCOC(=O)c1ccc(NC(=O)C2CCCN(Cc3nc(-c4ccc(C)cc4)no3)C2)cc1. The van der Waals surface area contributed by atoms with Gasteiger partial charge in [-0.1, -0.05) is 48.3 Å². The Balaban J connectivity index is 1.29. The Hall–Kier alpha value is -3.52. The molecule has 3 aromatic rings. The molecule has 35 heavy (non-hydrogen) atoms. The van der Waals surface area contributed by atoms with Crippen LogP contribution >= 0.6 is 0 Å². The van der Waals surface area contributed by atoms with E-state index in [-0.39, 0.29) is 17.8 Å². The van der Waals surface area contributed by atoms with Gasteiger partial charge >= 0.3 is 5.97 Å². The van der Waals surface area contributed by atoms with E-state index in [1.165, 1.54) is 5.56 Å². The molecule has 8 heteroatoms. The van der Waals surface area contributed by atoms with Crippen LogP contribution in [0, 0.1) is 12.8 Å². The standard InChI is InChI=1S/C27H32N4O4/c1-3-4-16-34-27(33)21-11-13-23(14-12-21)28-26(32)22-6-5-15-31(17-22)18-24-29-25(30-35-24)20-9-7-19(2)8-10-20/h7-14,22H,3-6,15-18H2,1-2H3,(H,28,32). The second-order valence-corrected chi connectivity index (χ2v) is 9.01. The molecule has 2 aromatic carbocycles. The summed E-state index contributed by atoms with van der Waals surface area (Å²) in [6.45, 7) is 6.51. The first kappa shape index (κ1) is 24.6. The van der Waals surface area contributed by atoms with Gasteiger partial charge in [0, 0.05) is 17.8 Å². The number of aryl methyl sites for hydroxylation is 1. The van der Waals surface area contributed by atoms with Gasteiger partial charge in [0.25, 0.3) is 0 Å². The number of piperidine rings is 1. The maximum Gasteiger partial charge on any atom is 0.338 e. The number of likely N-dealkylation sites (tertiary alicyclic amines) is 1. The lowest BCUT2D eigenvalue weighted by Gasteiger charge is -2.30. The molecule has 184 valence electrons. The number of anilines is 1. The summed E-state index contributed by atoms with van der Waals surface area (Å²) in [5.41, 5.74) is 3.24. The Morgan fingerprint density at radius 2 is 1.91 bits per heavy atom. The largest absolute Gasteiger partial charge is 0.462 e. The van der Waals surface area contributed by atoms with E-state index in [4.69, 9.17) is 9.26 Å². The Kier molecular flexibility index (Phi) is 8.26. The lowest BCUT2D eigenvalue weighted by Crippen LogP contribution is -2.40. The fraction of sp³-hybridized carbons (Fsp3) is 0.407. The van der Waals surface area contributed by atoms with Gasteiger partial charge in [0.05, 0.1) is 24.6 Å². The number of benzene rings is 2. The molecule has 1 fully saturated rings. The van der Waals surface area contributed by atoms with E-state index >= 15 is 0 Å². The number of carbonyl (C=O) groups is 2. The fourth-order valence-electron chi connectivity index (χ4n) is 4.07. The molecular formula is C27H32N4O4. The van der Waals surface area contributed by atoms with E-state index in [9.17, 15) is 9.59 Å². The first-order valence-corrected chi connectivity index (χ1v) is 12.2. The van der Waals surface area contributed by atoms with Crippen molar-refractivity contribution in [1.82, 2.24) is 15.0 Å². The molecule has 0 spiro atoms. The number of aromatic nitrogens is 2. The number of carbonyl (C=O) groups excluding carboxylic acids is 2. The van der Waals surface area contributed by atoms with Crippen molar-refractivity contribution in [3.8, 4) is 11.4 Å². The summed E-state index contributed by atoms with van der Waals surface area (Å²) in [7, 11) is 0. The Morgan fingerprint density at radius 1 is 1.14 bits per heavy atom. The highest BCUT2D eigenvalue weighted by molar-refractivity contribution is 5.94. The number of unbranched alkanes of at least 4 members (excludes halogenated alkanes) is 1. The number of nitrogens with zero attached hydrogens (tertiary/aromatic N) is 3. The van der Waals surface area contributed by atoms with Crippen molar-refractivity contribution in [1.29, 1.82) is 0 Å². The molecule has 1 aliphatic rings. The van der Waals surface area contributed by atoms with Crippen molar-refractivity contribution in [3.05, 3.63) is 65.5 Å². The van der Waals surface area contributed by atoms with E-state index in [2.05, 4.69) is 20.4 Å². The van der Waals surface area contributed by atoms with Crippen LogP contribution in [-0.2, 0) is 16.1 Å². The number of hydrogen-bond acceptors (Lipinski definition) is 7. The van der Waals surface area contributed by atoms with Gasteiger partial charge in [-0.25, -0.2) is 4.79 Å². The molecule has 1 N–H and O–H groups in total. The number of ether oxygens (including phenoxy) is 1. The Morgan fingerprint density at radius 3 is 2.66 bits per heavy atom. The number of esters is 1. The molecule has 0 aliphatic carbocycles. The molecule has 0 saturated carbocycles. The van der Waals surface area contributed by atoms with E-state index in [1.807, 2.05) is 38.1 Å². The van der Waals surface area contributed by atoms with Gasteiger partial charge in [-0.05, 0) is 57.0 Å². The van der Waals surface area contributed by atoms with Gasteiger partial charge in [0.15, 0.2) is 0 Å². The zero-order valence-electron chi connectivity index (χ0n) is 20.3. The van der Waals surface area contributed by atoms with Crippen molar-refractivity contribution >= 4 is 17.6 Å². The molecule has 8 nitrogen and oxygen atoms in total. The average Bonchev–Trinajstić information content (AvgIpc) is 3.33. The number of rotatable bonds is 9. The van der Waals surface area contributed by atoms with E-state index in [1.54, 1.807) is 24.3 Å². The summed E-state index contributed by atoms with van der Waals surface area (Å²) in [5, 5.41) is 7.08. The minimum Gasteiger partial charge on any atom is -0.462 e. The molecule has 1 atom stereocenters. The molecule has 1 aromatic heterocycles. The fourth-order valence-corrected chi connectivity index (χ4v) is 4.07. The summed E-state index contributed by atoms with van der Waals surface area (Å²) >= 11 is 0. The predicted octanol–water partition coefficient (Wildman–Crippen LogP) is 4.85. The zero-order chi connectivity index (χ0) is 24.6. The Bertz CT molecular complexity index is 1120. The normalized spacial score (nSPS) is 16.1. The van der Waals surface area contributed by atoms with Gasteiger partial charge in [-0.15, -0.1) is 0 Å². The van der Waals surface area contributed by atoms with E-state index in [0.717, 1.165) is 37.8 Å². The molecule has 0 radical (unpaired) electrons. The average molecular weight is 477 g/mol. The van der Waals surface area contributed by atoms with Crippen LogP contribution in [0.5, 0.6) is 0 Å². The lowest BCUT2D eigenvalue weighted by atomic mass is 9.97. The lowest BCUT2D eigenvalue weighted by molar-refractivity contribution is -0.121. The van der Waals surface area contributed by atoms with Crippen LogP contribution in [0.2, 0.25) is 0 Å². The molecule has 1 amide bonds. The minimum absolute atomic E-state index is 0.0288. The van der Waals surface area contributed by atoms with Crippen LogP contribution in [-0.4, -0.2) is 46.6 Å². The van der Waals surface area contributed by atoms with Crippen LogP contribution in [0.25, 0.3) is 11.4 Å². The van der Waals surface area contributed by atoms with Crippen LogP contribution in [0.1, 0.15) is 54.4 Å².